The van der Waals surface area contributed by atoms with Gasteiger partial charge < -0.3 is 4.90 Å². The first-order valence-corrected chi connectivity index (χ1v) is 5.80. The van der Waals surface area contributed by atoms with E-state index >= 15 is 0 Å². The molecule has 1 unspecified atom stereocenters. The lowest BCUT2D eigenvalue weighted by molar-refractivity contribution is 0.382. The summed E-state index contributed by atoms with van der Waals surface area (Å²) in [6.07, 6.45) is 7.58. The molecule has 0 aliphatic carbocycles. The van der Waals surface area contributed by atoms with Crippen LogP contribution < -0.4 is 0 Å². The fraction of sp³-hybridized carbons (Fsp3) is 0.571. The lowest BCUT2D eigenvalue weighted by Crippen LogP contribution is -2.14. The van der Waals surface area contributed by atoms with Crippen LogP contribution in [0.1, 0.15) is 26.7 Å². The third-order valence-electron chi connectivity index (χ3n) is 2.60. The molecule has 0 N–H and O–H groups in total. The largest absolute Gasteiger partial charge is 0.309 e. The van der Waals surface area contributed by atoms with Crippen molar-refractivity contribution in [2.24, 2.45) is 5.92 Å². The van der Waals surface area contributed by atoms with Crippen LogP contribution in [0.2, 0.25) is 0 Å². The number of nitrogens with zero attached hydrogens (tertiary/aromatic N) is 1. The minimum absolute atomic E-state index is 0.389. The second-order valence-corrected chi connectivity index (χ2v) is 4.42. The molecule has 92 valence electrons. The van der Waals surface area contributed by atoms with Crippen molar-refractivity contribution in [3.05, 3.63) is 36.2 Å². The minimum Gasteiger partial charge on any atom is -0.309 e. The topological polar surface area (TPSA) is 3.24 Å². The summed E-state index contributed by atoms with van der Waals surface area (Å²) in [5, 5.41) is 0. The first kappa shape index (κ1) is 15.1. The zero-order valence-electron chi connectivity index (χ0n) is 11.0. The van der Waals surface area contributed by atoms with E-state index in [1.807, 2.05) is 19.1 Å². The summed E-state index contributed by atoms with van der Waals surface area (Å²) in [7, 11) is 4.16. The van der Waals surface area contributed by atoms with E-state index in [-0.39, 0.29) is 5.83 Å². The molecule has 0 aliphatic heterocycles. The summed E-state index contributed by atoms with van der Waals surface area (Å²) in [5.41, 5.74) is 1.18. The van der Waals surface area contributed by atoms with E-state index in [0.29, 0.717) is 5.92 Å². The molecule has 1 nitrogen and oxygen atoms in total. The van der Waals surface area contributed by atoms with Gasteiger partial charge in [-0.25, -0.2) is 4.39 Å². The average Bonchev–Trinajstić information content (AvgIpc) is 2.17. The van der Waals surface area contributed by atoms with Crippen molar-refractivity contribution >= 4 is 0 Å². The first-order valence-electron chi connectivity index (χ1n) is 5.80. The van der Waals surface area contributed by atoms with Gasteiger partial charge in [0.1, 0.15) is 5.83 Å². The van der Waals surface area contributed by atoms with Crippen molar-refractivity contribution in [1.82, 2.24) is 4.90 Å². The number of hydrogen-bond donors (Lipinski definition) is 0. The van der Waals surface area contributed by atoms with Gasteiger partial charge in [0.25, 0.3) is 0 Å². The summed E-state index contributed by atoms with van der Waals surface area (Å²) < 4.78 is 12.5. The van der Waals surface area contributed by atoms with Gasteiger partial charge in [0.2, 0.25) is 0 Å². The van der Waals surface area contributed by atoms with Crippen LogP contribution in [0.5, 0.6) is 0 Å². The van der Waals surface area contributed by atoms with Gasteiger partial charge in [-0.2, -0.15) is 0 Å². The second kappa shape index (κ2) is 8.28. The van der Waals surface area contributed by atoms with Gasteiger partial charge in [-0.05, 0) is 58.0 Å². The SMILES string of the molecule is C=C(F)/C=C\C(=C/C)C(C)CCCN(C)C. The average molecular weight is 225 g/mol. The molecule has 0 aliphatic rings. The van der Waals surface area contributed by atoms with E-state index in [9.17, 15) is 4.39 Å². The Bertz CT molecular complexity index is 264. The minimum atomic E-state index is -0.389. The number of allylic oxidation sites excluding steroid dienone is 5. The molecule has 0 heterocycles. The molecule has 0 rings (SSSR count). The maximum atomic E-state index is 12.5. The third kappa shape index (κ3) is 7.41. The van der Waals surface area contributed by atoms with Crippen LogP contribution >= 0.6 is 0 Å². The van der Waals surface area contributed by atoms with Gasteiger partial charge >= 0.3 is 0 Å². The highest BCUT2D eigenvalue weighted by Gasteiger charge is 2.05. The van der Waals surface area contributed by atoms with Crippen LogP contribution in [0.3, 0.4) is 0 Å². The van der Waals surface area contributed by atoms with Crippen LogP contribution in [-0.4, -0.2) is 25.5 Å². The smallest absolute Gasteiger partial charge is 0.116 e. The number of halogens is 1. The zero-order valence-corrected chi connectivity index (χ0v) is 11.0. The van der Waals surface area contributed by atoms with E-state index in [1.54, 1.807) is 0 Å². The van der Waals surface area contributed by atoms with E-state index in [2.05, 4.69) is 32.5 Å². The summed E-state index contributed by atoms with van der Waals surface area (Å²) in [5.74, 6) is 0.0837. The standard InChI is InChI=1S/C14H24FN/c1-6-14(10-9-13(3)15)12(2)8-7-11-16(4)5/h6,9-10,12H,3,7-8,11H2,1-2,4-5H3/b10-9-,14-6+. The maximum Gasteiger partial charge on any atom is 0.116 e. The summed E-state index contributed by atoms with van der Waals surface area (Å²) in [6, 6.07) is 0. The van der Waals surface area contributed by atoms with E-state index in [0.717, 1.165) is 19.4 Å². The predicted molar refractivity (Wildman–Crippen MR) is 70.1 cm³/mol. The van der Waals surface area contributed by atoms with Gasteiger partial charge in [0, 0.05) is 0 Å². The van der Waals surface area contributed by atoms with Gasteiger partial charge in [-0.1, -0.05) is 25.7 Å². The molecule has 0 radical (unpaired) electrons. The van der Waals surface area contributed by atoms with Crippen LogP contribution in [0.15, 0.2) is 36.2 Å². The third-order valence-corrected chi connectivity index (χ3v) is 2.60. The number of rotatable bonds is 7. The fourth-order valence-electron chi connectivity index (χ4n) is 1.61. The molecule has 0 amide bonds. The maximum absolute atomic E-state index is 12.5. The summed E-state index contributed by atoms with van der Waals surface area (Å²) >= 11 is 0. The van der Waals surface area contributed by atoms with Crippen LogP contribution in [0.4, 0.5) is 4.39 Å². The van der Waals surface area contributed by atoms with Crippen LogP contribution in [-0.2, 0) is 0 Å². The Hall–Kier alpha value is -0.890. The normalized spacial score (nSPS) is 14.8. The van der Waals surface area contributed by atoms with Crippen molar-refractivity contribution in [3.8, 4) is 0 Å². The van der Waals surface area contributed by atoms with Gasteiger partial charge in [-0.3, -0.25) is 0 Å². The zero-order chi connectivity index (χ0) is 12.6. The predicted octanol–water partition coefficient (Wildman–Crippen LogP) is 3.95. The molecule has 0 aromatic rings. The highest BCUT2D eigenvalue weighted by molar-refractivity contribution is 5.24. The van der Waals surface area contributed by atoms with E-state index in [4.69, 9.17) is 0 Å². The Kier molecular flexibility index (Phi) is 7.82. The fourth-order valence-corrected chi connectivity index (χ4v) is 1.61. The van der Waals surface area contributed by atoms with Crippen molar-refractivity contribution in [3.63, 3.8) is 0 Å². The van der Waals surface area contributed by atoms with Crippen molar-refractivity contribution in [2.45, 2.75) is 26.7 Å². The van der Waals surface area contributed by atoms with Gasteiger partial charge in [-0.15, -0.1) is 0 Å². The van der Waals surface area contributed by atoms with Gasteiger partial charge in [0.15, 0.2) is 0 Å². The molecular formula is C14H24FN. The van der Waals surface area contributed by atoms with Crippen LogP contribution in [0, 0.1) is 5.92 Å². The Morgan fingerprint density at radius 1 is 1.38 bits per heavy atom. The first-order chi connectivity index (χ1) is 7.47. The van der Waals surface area contributed by atoms with Crippen molar-refractivity contribution in [1.29, 1.82) is 0 Å². The second-order valence-electron chi connectivity index (χ2n) is 4.42. The van der Waals surface area contributed by atoms with E-state index < -0.39 is 0 Å². The molecular weight excluding hydrogens is 201 g/mol. The summed E-state index contributed by atoms with van der Waals surface area (Å²) in [6.45, 7) is 8.48. The Labute approximate surface area is 99.3 Å². The molecule has 16 heavy (non-hydrogen) atoms. The molecule has 0 saturated heterocycles. The van der Waals surface area contributed by atoms with Crippen molar-refractivity contribution in [2.75, 3.05) is 20.6 Å². The van der Waals surface area contributed by atoms with Crippen LogP contribution in [0.25, 0.3) is 0 Å². The molecule has 0 bridgehead atoms. The molecule has 0 saturated carbocycles. The number of hydrogen-bond acceptors (Lipinski definition) is 1. The van der Waals surface area contributed by atoms with Gasteiger partial charge in [0.05, 0.1) is 0 Å². The molecule has 2 heteroatoms. The Morgan fingerprint density at radius 3 is 2.44 bits per heavy atom. The molecule has 0 fully saturated rings. The molecule has 0 aromatic carbocycles. The summed E-state index contributed by atoms with van der Waals surface area (Å²) in [4.78, 5) is 2.18. The Morgan fingerprint density at radius 2 is 2.00 bits per heavy atom. The lowest BCUT2D eigenvalue weighted by Gasteiger charge is -2.14. The monoisotopic (exact) mass is 225 g/mol. The molecule has 0 spiro atoms. The van der Waals surface area contributed by atoms with E-state index in [1.165, 1.54) is 11.6 Å². The lowest BCUT2D eigenvalue weighted by atomic mass is 9.95. The highest BCUT2D eigenvalue weighted by Crippen LogP contribution is 2.18. The van der Waals surface area contributed by atoms with Crippen molar-refractivity contribution < 1.29 is 4.39 Å². The highest BCUT2D eigenvalue weighted by atomic mass is 19.1. The quantitative estimate of drug-likeness (QED) is 0.593. The molecule has 1 atom stereocenters. The Balaban J connectivity index is 4.12. The molecule has 0 aromatic heterocycles.